The van der Waals surface area contributed by atoms with Gasteiger partial charge in [0.25, 0.3) is 0 Å². The number of thiazole rings is 1. The van der Waals surface area contributed by atoms with E-state index in [1.165, 1.54) is 0 Å². The van der Waals surface area contributed by atoms with Crippen molar-refractivity contribution in [2.75, 3.05) is 17.7 Å². The minimum absolute atomic E-state index is 0.200. The lowest BCUT2D eigenvalue weighted by molar-refractivity contribution is 0.0529. The largest absolute Gasteiger partial charge is 0.462 e. The molecular formula is C11H14N4O2S2. The first-order valence-electron chi connectivity index (χ1n) is 5.69. The molecule has 0 aliphatic heterocycles. The van der Waals surface area contributed by atoms with Crippen LogP contribution in [-0.4, -0.2) is 21.9 Å². The number of nitrogens with zero attached hydrogens (tertiary/aromatic N) is 2. The van der Waals surface area contributed by atoms with E-state index in [4.69, 9.17) is 10.5 Å². The van der Waals surface area contributed by atoms with Crippen molar-refractivity contribution in [2.45, 2.75) is 20.4 Å². The summed E-state index contributed by atoms with van der Waals surface area (Å²) in [4.78, 5) is 17.0. The Labute approximate surface area is 118 Å². The van der Waals surface area contributed by atoms with E-state index in [1.54, 1.807) is 24.5 Å². The molecule has 2 aromatic rings. The van der Waals surface area contributed by atoms with E-state index in [1.807, 2.05) is 6.92 Å². The average molecular weight is 298 g/mol. The van der Waals surface area contributed by atoms with Crippen molar-refractivity contribution < 1.29 is 9.53 Å². The van der Waals surface area contributed by atoms with Gasteiger partial charge in [0.2, 0.25) is 0 Å². The van der Waals surface area contributed by atoms with Crippen molar-refractivity contribution >= 4 is 39.7 Å². The Morgan fingerprint density at radius 1 is 1.58 bits per heavy atom. The maximum Gasteiger partial charge on any atom is 0.344 e. The highest BCUT2D eigenvalue weighted by atomic mass is 32.1. The summed E-state index contributed by atoms with van der Waals surface area (Å²) in [5.74, 6) is -0.247. The SMILES string of the molecule is CCOC(=O)c1c(N)nsc1NCc1cnc(C)s1. The molecule has 0 bridgehead atoms. The second kappa shape index (κ2) is 5.98. The molecule has 0 saturated carbocycles. The van der Waals surface area contributed by atoms with E-state index < -0.39 is 5.97 Å². The number of nitrogens with two attached hydrogens (primary N) is 1. The number of ether oxygens (including phenoxy) is 1. The number of carbonyl (C=O) groups excluding carboxylic acids is 1. The molecule has 0 unspecified atom stereocenters. The molecule has 0 amide bonds. The molecule has 102 valence electrons. The minimum Gasteiger partial charge on any atom is -0.462 e. The summed E-state index contributed by atoms with van der Waals surface area (Å²) < 4.78 is 8.94. The maximum atomic E-state index is 11.8. The normalized spacial score (nSPS) is 10.4. The molecule has 0 saturated heterocycles. The van der Waals surface area contributed by atoms with Crippen LogP contribution in [0.4, 0.5) is 10.8 Å². The predicted octanol–water partition coefficient (Wildman–Crippen LogP) is 2.28. The van der Waals surface area contributed by atoms with Gasteiger partial charge in [-0.15, -0.1) is 11.3 Å². The summed E-state index contributed by atoms with van der Waals surface area (Å²) >= 11 is 2.76. The molecule has 0 atom stereocenters. The van der Waals surface area contributed by atoms with Crippen LogP contribution in [0.15, 0.2) is 6.20 Å². The molecule has 3 N–H and O–H groups in total. The number of hydrogen-bond donors (Lipinski definition) is 2. The second-order valence-electron chi connectivity index (χ2n) is 3.69. The van der Waals surface area contributed by atoms with Crippen LogP contribution < -0.4 is 11.1 Å². The van der Waals surface area contributed by atoms with Crippen LogP contribution in [0.3, 0.4) is 0 Å². The molecule has 0 spiro atoms. The van der Waals surface area contributed by atoms with E-state index in [0.717, 1.165) is 21.4 Å². The number of aryl methyl sites for hydroxylation is 1. The van der Waals surface area contributed by atoms with Gasteiger partial charge in [0.1, 0.15) is 10.6 Å². The van der Waals surface area contributed by atoms with Gasteiger partial charge in [-0.3, -0.25) is 0 Å². The fraction of sp³-hybridized carbons (Fsp3) is 0.364. The Morgan fingerprint density at radius 3 is 3.00 bits per heavy atom. The molecule has 2 heterocycles. The molecule has 0 aliphatic rings. The van der Waals surface area contributed by atoms with Gasteiger partial charge in [-0.05, 0) is 25.4 Å². The number of aromatic nitrogens is 2. The first kappa shape index (κ1) is 13.8. The van der Waals surface area contributed by atoms with E-state index in [2.05, 4.69) is 14.7 Å². The van der Waals surface area contributed by atoms with E-state index in [9.17, 15) is 4.79 Å². The molecular weight excluding hydrogens is 284 g/mol. The number of hydrogen-bond acceptors (Lipinski definition) is 8. The predicted molar refractivity (Wildman–Crippen MR) is 76.7 cm³/mol. The lowest BCUT2D eigenvalue weighted by Gasteiger charge is -2.05. The third-order valence-electron chi connectivity index (χ3n) is 2.29. The Kier molecular flexibility index (Phi) is 4.33. The second-order valence-corrected chi connectivity index (χ2v) is 5.78. The lowest BCUT2D eigenvalue weighted by atomic mass is 10.3. The Morgan fingerprint density at radius 2 is 2.37 bits per heavy atom. The Bertz CT molecular complexity index is 579. The van der Waals surface area contributed by atoms with Crippen molar-refractivity contribution in [3.8, 4) is 0 Å². The van der Waals surface area contributed by atoms with Crippen LogP contribution in [0, 0.1) is 6.92 Å². The number of nitrogens with one attached hydrogen (secondary N) is 1. The third kappa shape index (κ3) is 3.21. The average Bonchev–Trinajstić information content (AvgIpc) is 2.93. The van der Waals surface area contributed by atoms with Crippen LogP contribution in [-0.2, 0) is 11.3 Å². The molecule has 0 aliphatic carbocycles. The number of nitrogen functional groups attached to an aromatic ring is 1. The van der Waals surface area contributed by atoms with Gasteiger partial charge in [-0.2, -0.15) is 4.37 Å². The summed E-state index contributed by atoms with van der Waals surface area (Å²) in [5.41, 5.74) is 6.01. The van der Waals surface area contributed by atoms with Gasteiger partial charge in [0.05, 0.1) is 18.2 Å². The van der Waals surface area contributed by atoms with Crippen LogP contribution in [0.5, 0.6) is 0 Å². The quantitative estimate of drug-likeness (QED) is 0.823. The molecule has 2 rings (SSSR count). The van der Waals surface area contributed by atoms with Crippen molar-refractivity contribution in [2.24, 2.45) is 0 Å². The smallest absolute Gasteiger partial charge is 0.344 e. The van der Waals surface area contributed by atoms with Gasteiger partial charge in [0, 0.05) is 11.1 Å². The Hall–Kier alpha value is -1.67. The monoisotopic (exact) mass is 298 g/mol. The highest BCUT2D eigenvalue weighted by Gasteiger charge is 2.20. The highest BCUT2D eigenvalue weighted by molar-refractivity contribution is 7.12. The van der Waals surface area contributed by atoms with Crippen LogP contribution in [0.25, 0.3) is 0 Å². The third-order valence-corrected chi connectivity index (χ3v) is 4.02. The minimum atomic E-state index is -0.447. The zero-order valence-corrected chi connectivity index (χ0v) is 12.2. The number of rotatable bonds is 5. The van der Waals surface area contributed by atoms with Gasteiger partial charge in [0.15, 0.2) is 5.82 Å². The van der Waals surface area contributed by atoms with Crippen molar-refractivity contribution in [3.63, 3.8) is 0 Å². The molecule has 2 aromatic heterocycles. The molecule has 6 nitrogen and oxygen atoms in total. The zero-order chi connectivity index (χ0) is 13.8. The highest BCUT2D eigenvalue weighted by Crippen LogP contribution is 2.28. The van der Waals surface area contributed by atoms with Crippen molar-refractivity contribution in [1.82, 2.24) is 9.36 Å². The summed E-state index contributed by atoms with van der Waals surface area (Å²) in [5, 5.41) is 4.78. The van der Waals surface area contributed by atoms with Crippen LogP contribution in [0.1, 0.15) is 27.2 Å². The van der Waals surface area contributed by atoms with E-state index in [-0.39, 0.29) is 5.82 Å². The number of esters is 1. The fourth-order valence-corrected chi connectivity index (χ4v) is 2.91. The maximum absolute atomic E-state index is 11.8. The van der Waals surface area contributed by atoms with Gasteiger partial charge in [-0.1, -0.05) is 0 Å². The standard InChI is InChI=1S/C11H14N4O2S2/c1-3-17-11(16)8-9(12)15-19-10(8)14-5-7-4-13-6(2)18-7/h4,14H,3,5H2,1-2H3,(H2,12,15). The molecule has 19 heavy (non-hydrogen) atoms. The number of anilines is 2. The lowest BCUT2D eigenvalue weighted by Crippen LogP contribution is -2.09. The van der Waals surface area contributed by atoms with E-state index >= 15 is 0 Å². The van der Waals surface area contributed by atoms with Gasteiger partial charge in [-0.25, -0.2) is 9.78 Å². The zero-order valence-electron chi connectivity index (χ0n) is 10.6. The van der Waals surface area contributed by atoms with Gasteiger partial charge >= 0.3 is 5.97 Å². The van der Waals surface area contributed by atoms with Gasteiger partial charge < -0.3 is 15.8 Å². The molecule has 8 heteroatoms. The summed E-state index contributed by atoms with van der Waals surface area (Å²) in [6.45, 7) is 4.59. The molecule has 0 aromatic carbocycles. The van der Waals surface area contributed by atoms with Crippen LogP contribution in [0.2, 0.25) is 0 Å². The summed E-state index contributed by atoms with van der Waals surface area (Å²) in [6, 6.07) is 0. The summed E-state index contributed by atoms with van der Waals surface area (Å²) in [6.07, 6.45) is 1.81. The first-order chi connectivity index (χ1) is 9.11. The van der Waals surface area contributed by atoms with Crippen molar-refractivity contribution in [3.05, 3.63) is 21.6 Å². The molecule has 0 radical (unpaired) electrons. The fourth-order valence-electron chi connectivity index (χ4n) is 1.48. The summed E-state index contributed by atoms with van der Waals surface area (Å²) in [7, 11) is 0. The molecule has 0 fully saturated rings. The van der Waals surface area contributed by atoms with E-state index in [0.29, 0.717) is 23.7 Å². The number of carbonyl (C=O) groups is 1. The topological polar surface area (TPSA) is 90.1 Å². The van der Waals surface area contributed by atoms with Crippen LogP contribution >= 0.6 is 22.9 Å². The van der Waals surface area contributed by atoms with Crippen molar-refractivity contribution in [1.29, 1.82) is 0 Å². The first-order valence-corrected chi connectivity index (χ1v) is 7.28. The Balaban J connectivity index is 2.10.